The van der Waals surface area contributed by atoms with Crippen molar-refractivity contribution >= 4 is 16.9 Å². The normalized spacial score (nSPS) is 17.0. The maximum Gasteiger partial charge on any atom is 0.312 e. The molecule has 17 heavy (non-hydrogen) atoms. The average Bonchev–Trinajstić information content (AvgIpc) is 3.04. The van der Waals surface area contributed by atoms with Crippen LogP contribution < -0.4 is 0 Å². The van der Waals surface area contributed by atoms with Crippen LogP contribution in [0.1, 0.15) is 18.4 Å². The summed E-state index contributed by atoms with van der Waals surface area (Å²) in [6.45, 7) is 0. The number of methoxy groups -OCH3 is 1. The van der Waals surface area contributed by atoms with Crippen LogP contribution in [0.4, 0.5) is 0 Å². The molecule has 1 aliphatic carbocycles. The molecule has 1 aromatic heterocycles. The maximum atomic E-state index is 11.7. The summed E-state index contributed by atoms with van der Waals surface area (Å²) in [7, 11) is 1.47. The Bertz CT molecular complexity index is 566. The SMILES string of the molecule is COC(=O)C1(Cc2c[nH]c3ccccc23)CC1. The molecule has 0 bridgehead atoms. The first kappa shape index (κ1) is 10.4. The Balaban J connectivity index is 1.93. The number of hydrogen-bond acceptors (Lipinski definition) is 2. The minimum Gasteiger partial charge on any atom is -0.469 e. The van der Waals surface area contributed by atoms with Gasteiger partial charge in [-0.1, -0.05) is 18.2 Å². The van der Waals surface area contributed by atoms with Crippen LogP contribution in [0.5, 0.6) is 0 Å². The number of rotatable bonds is 3. The lowest BCUT2D eigenvalue weighted by atomic mass is 9.96. The molecule has 1 fully saturated rings. The third-order valence-corrected chi connectivity index (χ3v) is 3.68. The Morgan fingerprint density at radius 1 is 1.41 bits per heavy atom. The molecule has 2 aromatic rings. The summed E-state index contributed by atoms with van der Waals surface area (Å²) in [4.78, 5) is 15.0. The minimum atomic E-state index is -0.250. The molecule has 0 unspecified atom stereocenters. The molecule has 0 atom stereocenters. The highest BCUT2D eigenvalue weighted by Gasteiger charge is 2.51. The van der Waals surface area contributed by atoms with Crippen molar-refractivity contribution in [2.75, 3.05) is 7.11 Å². The summed E-state index contributed by atoms with van der Waals surface area (Å²) in [5, 5.41) is 1.21. The lowest BCUT2D eigenvalue weighted by molar-refractivity contribution is -0.147. The Labute approximate surface area is 99.8 Å². The molecule has 0 spiro atoms. The molecule has 88 valence electrons. The lowest BCUT2D eigenvalue weighted by Gasteiger charge is -2.11. The molecule has 1 N–H and O–H groups in total. The Morgan fingerprint density at radius 2 is 2.18 bits per heavy atom. The van der Waals surface area contributed by atoms with Crippen LogP contribution in [0.15, 0.2) is 30.5 Å². The second-order valence-electron chi connectivity index (χ2n) is 4.81. The number of hydrogen-bond donors (Lipinski definition) is 1. The van der Waals surface area contributed by atoms with Crippen LogP contribution >= 0.6 is 0 Å². The third-order valence-electron chi connectivity index (χ3n) is 3.68. The molecule has 0 saturated heterocycles. The molecular formula is C14H15NO2. The smallest absolute Gasteiger partial charge is 0.312 e. The zero-order chi connectivity index (χ0) is 11.9. The molecule has 1 saturated carbocycles. The number of carbonyl (C=O) groups is 1. The topological polar surface area (TPSA) is 42.1 Å². The predicted molar refractivity (Wildman–Crippen MR) is 65.7 cm³/mol. The lowest BCUT2D eigenvalue weighted by Crippen LogP contribution is -2.19. The van der Waals surface area contributed by atoms with Gasteiger partial charge >= 0.3 is 5.97 Å². The van der Waals surface area contributed by atoms with E-state index < -0.39 is 0 Å². The maximum absolute atomic E-state index is 11.7. The van der Waals surface area contributed by atoms with Gasteiger partial charge in [0.2, 0.25) is 0 Å². The summed E-state index contributed by atoms with van der Waals surface area (Å²) in [5.41, 5.74) is 2.09. The number of carbonyl (C=O) groups excluding carboxylic acids is 1. The van der Waals surface area contributed by atoms with Gasteiger partial charge in [-0.15, -0.1) is 0 Å². The van der Waals surface area contributed by atoms with Crippen molar-refractivity contribution < 1.29 is 9.53 Å². The highest BCUT2D eigenvalue weighted by Crippen LogP contribution is 2.50. The number of nitrogens with one attached hydrogen (secondary N) is 1. The Kier molecular flexibility index (Phi) is 2.21. The van der Waals surface area contributed by atoms with Crippen LogP contribution in [0, 0.1) is 5.41 Å². The Morgan fingerprint density at radius 3 is 2.88 bits per heavy atom. The van der Waals surface area contributed by atoms with E-state index in [1.807, 2.05) is 18.3 Å². The van der Waals surface area contributed by atoms with Gasteiger partial charge in [0.1, 0.15) is 0 Å². The van der Waals surface area contributed by atoms with Gasteiger partial charge in [-0.25, -0.2) is 0 Å². The quantitative estimate of drug-likeness (QED) is 0.822. The van der Waals surface area contributed by atoms with E-state index in [1.165, 1.54) is 18.1 Å². The number of esters is 1. The molecule has 1 aliphatic rings. The van der Waals surface area contributed by atoms with Crippen molar-refractivity contribution in [1.82, 2.24) is 4.98 Å². The molecule has 1 heterocycles. The fourth-order valence-corrected chi connectivity index (χ4v) is 2.46. The van der Waals surface area contributed by atoms with Crippen LogP contribution in [0.2, 0.25) is 0 Å². The van der Waals surface area contributed by atoms with Gasteiger partial charge in [0, 0.05) is 17.1 Å². The van der Waals surface area contributed by atoms with E-state index in [0.717, 1.165) is 24.8 Å². The van der Waals surface area contributed by atoms with Crippen LogP contribution in [0.25, 0.3) is 10.9 Å². The first-order valence-electron chi connectivity index (χ1n) is 5.89. The molecule has 3 heteroatoms. The van der Waals surface area contributed by atoms with E-state index in [2.05, 4.69) is 17.1 Å². The summed E-state index contributed by atoms with van der Waals surface area (Å²) in [5.74, 6) is -0.0669. The predicted octanol–water partition coefficient (Wildman–Crippen LogP) is 2.66. The number of para-hydroxylation sites is 1. The number of H-pyrrole nitrogens is 1. The second kappa shape index (κ2) is 3.62. The van der Waals surface area contributed by atoms with Gasteiger partial charge in [0.05, 0.1) is 12.5 Å². The van der Waals surface area contributed by atoms with Crippen molar-refractivity contribution in [3.05, 3.63) is 36.0 Å². The first-order chi connectivity index (χ1) is 8.25. The number of ether oxygens (including phenoxy) is 1. The standard InChI is InChI=1S/C14H15NO2/c1-17-13(16)14(6-7-14)8-10-9-15-12-5-3-2-4-11(10)12/h2-5,9,15H,6-8H2,1H3. The van der Waals surface area contributed by atoms with Crippen LogP contribution in [-0.2, 0) is 16.0 Å². The van der Waals surface area contributed by atoms with Gasteiger partial charge in [0.25, 0.3) is 0 Å². The highest BCUT2D eigenvalue weighted by molar-refractivity contribution is 5.85. The van der Waals surface area contributed by atoms with Gasteiger partial charge in [-0.3, -0.25) is 4.79 Å². The molecular weight excluding hydrogens is 214 g/mol. The summed E-state index contributed by atoms with van der Waals surface area (Å²) in [6.07, 6.45) is 4.68. The molecule has 3 rings (SSSR count). The number of fused-ring (bicyclic) bond motifs is 1. The number of aromatic amines is 1. The van der Waals surface area contributed by atoms with Gasteiger partial charge in [-0.05, 0) is 30.9 Å². The van der Waals surface area contributed by atoms with Crippen LogP contribution in [-0.4, -0.2) is 18.1 Å². The van der Waals surface area contributed by atoms with Crippen molar-refractivity contribution in [3.8, 4) is 0 Å². The van der Waals surface area contributed by atoms with E-state index in [-0.39, 0.29) is 11.4 Å². The van der Waals surface area contributed by atoms with Gasteiger partial charge in [0.15, 0.2) is 0 Å². The van der Waals surface area contributed by atoms with Crippen molar-refractivity contribution in [2.45, 2.75) is 19.3 Å². The van der Waals surface area contributed by atoms with Crippen LogP contribution in [0.3, 0.4) is 0 Å². The zero-order valence-corrected chi connectivity index (χ0v) is 9.82. The van der Waals surface area contributed by atoms with Gasteiger partial charge in [-0.2, -0.15) is 0 Å². The zero-order valence-electron chi connectivity index (χ0n) is 9.82. The minimum absolute atomic E-state index is 0.0669. The van der Waals surface area contributed by atoms with E-state index in [1.54, 1.807) is 0 Å². The van der Waals surface area contributed by atoms with Gasteiger partial charge < -0.3 is 9.72 Å². The van der Waals surface area contributed by atoms with E-state index in [9.17, 15) is 4.79 Å². The molecule has 3 nitrogen and oxygen atoms in total. The number of benzene rings is 1. The summed E-state index contributed by atoms with van der Waals surface area (Å²) in [6, 6.07) is 8.18. The van der Waals surface area contributed by atoms with E-state index >= 15 is 0 Å². The van der Waals surface area contributed by atoms with Crippen molar-refractivity contribution in [2.24, 2.45) is 5.41 Å². The van der Waals surface area contributed by atoms with Crippen molar-refractivity contribution in [3.63, 3.8) is 0 Å². The molecule has 0 aliphatic heterocycles. The fourth-order valence-electron chi connectivity index (χ4n) is 2.46. The molecule has 0 amide bonds. The van der Waals surface area contributed by atoms with Crippen molar-refractivity contribution in [1.29, 1.82) is 0 Å². The number of aromatic nitrogens is 1. The van der Waals surface area contributed by atoms with E-state index in [0.29, 0.717) is 0 Å². The summed E-state index contributed by atoms with van der Waals surface area (Å²) >= 11 is 0. The average molecular weight is 229 g/mol. The largest absolute Gasteiger partial charge is 0.469 e. The first-order valence-corrected chi connectivity index (χ1v) is 5.89. The second-order valence-corrected chi connectivity index (χ2v) is 4.81. The Hall–Kier alpha value is -1.77. The highest BCUT2D eigenvalue weighted by atomic mass is 16.5. The molecule has 1 aromatic carbocycles. The monoisotopic (exact) mass is 229 g/mol. The van der Waals surface area contributed by atoms with E-state index in [4.69, 9.17) is 4.74 Å². The third kappa shape index (κ3) is 1.62. The molecule has 0 radical (unpaired) electrons. The fraction of sp³-hybridized carbons (Fsp3) is 0.357. The summed E-state index contributed by atoms with van der Waals surface area (Å²) < 4.78 is 4.89.